The molecule has 2 aromatic rings. The van der Waals surface area contributed by atoms with E-state index in [9.17, 15) is 9.59 Å². The highest BCUT2D eigenvalue weighted by molar-refractivity contribution is 7.15. The van der Waals surface area contributed by atoms with Crippen LogP contribution in [0.3, 0.4) is 0 Å². The van der Waals surface area contributed by atoms with E-state index in [1.807, 2.05) is 45.9 Å². The number of aryl methyl sites for hydroxylation is 2. The fourth-order valence-electron chi connectivity index (χ4n) is 2.41. The molecule has 2 amide bonds. The minimum Gasteiger partial charge on any atom is -0.374 e. The van der Waals surface area contributed by atoms with Crippen molar-refractivity contribution in [3.63, 3.8) is 0 Å². The fourth-order valence-corrected chi connectivity index (χ4v) is 3.22. The van der Waals surface area contributed by atoms with Crippen molar-refractivity contribution >= 4 is 39.7 Å². The first-order valence-corrected chi connectivity index (χ1v) is 9.54. The molecule has 0 saturated heterocycles. The van der Waals surface area contributed by atoms with Gasteiger partial charge in [-0.1, -0.05) is 13.0 Å². The number of nitrogens with zero attached hydrogens (tertiary/aromatic N) is 1. The summed E-state index contributed by atoms with van der Waals surface area (Å²) in [6.07, 6.45) is 1.29. The summed E-state index contributed by atoms with van der Waals surface area (Å²) in [5, 5.41) is 9.58. The molecule has 2 rings (SSSR count). The van der Waals surface area contributed by atoms with Crippen molar-refractivity contribution in [1.29, 1.82) is 0 Å². The summed E-state index contributed by atoms with van der Waals surface area (Å²) in [7, 11) is 0. The third-order valence-electron chi connectivity index (χ3n) is 4.11. The topological polar surface area (TPSA) is 83.1 Å². The standard InChI is InChI=1S/C19H26N4O2S/c1-6-8-17(24)22-16-10-7-9-15(11(16)2)20-13(4)18(25)23-19-21-12(3)14(5)26-19/h7,9-10,13,20H,6,8H2,1-5H3,(H,22,24)(H,21,23,25). The van der Waals surface area contributed by atoms with Crippen molar-refractivity contribution in [1.82, 2.24) is 4.98 Å². The molecule has 0 spiro atoms. The highest BCUT2D eigenvalue weighted by Gasteiger charge is 2.17. The van der Waals surface area contributed by atoms with E-state index >= 15 is 0 Å². The Morgan fingerprint density at radius 1 is 1.15 bits per heavy atom. The maximum atomic E-state index is 12.4. The Morgan fingerprint density at radius 2 is 1.85 bits per heavy atom. The SMILES string of the molecule is CCCC(=O)Nc1cccc(NC(C)C(=O)Nc2nc(C)c(C)s2)c1C. The zero-order chi connectivity index (χ0) is 19.3. The number of benzene rings is 1. The van der Waals surface area contributed by atoms with Crippen LogP contribution in [0.5, 0.6) is 0 Å². The number of carbonyl (C=O) groups excluding carboxylic acids is 2. The summed E-state index contributed by atoms with van der Waals surface area (Å²) in [6.45, 7) is 9.58. The smallest absolute Gasteiger partial charge is 0.248 e. The Morgan fingerprint density at radius 3 is 2.46 bits per heavy atom. The molecule has 0 fully saturated rings. The molecule has 0 aliphatic rings. The van der Waals surface area contributed by atoms with Crippen molar-refractivity contribution in [3.8, 4) is 0 Å². The Kier molecular flexibility index (Phi) is 6.74. The molecule has 0 aliphatic heterocycles. The first kappa shape index (κ1) is 19.9. The molecule has 1 aromatic heterocycles. The molecule has 26 heavy (non-hydrogen) atoms. The minimum absolute atomic E-state index is 0.00643. The van der Waals surface area contributed by atoms with E-state index < -0.39 is 6.04 Å². The van der Waals surface area contributed by atoms with Crippen molar-refractivity contribution < 1.29 is 9.59 Å². The van der Waals surface area contributed by atoms with Gasteiger partial charge in [0.05, 0.1) is 5.69 Å². The zero-order valence-electron chi connectivity index (χ0n) is 15.9. The molecule has 1 atom stereocenters. The van der Waals surface area contributed by atoms with Crippen molar-refractivity contribution in [2.45, 2.75) is 53.5 Å². The van der Waals surface area contributed by atoms with Gasteiger partial charge in [0.25, 0.3) is 0 Å². The van der Waals surface area contributed by atoms with Gasteiger partial charge in [-0.2, -0.15) is 0 Å². The number of thiazole rings is 1. The molecule has 1 heterocycles. The van der Waals surface area contributed by atoms with Crippen molar-refractivity contribution in [3.05, 3.63) is 34.3 Å². The van der Waals surface area contributed by atoms with Crippen LogP contribution in [0.25, 0.3) is 0 Å². The lowest BCUT2D eigenvalue weighted by Crippen LogP contribution is -2.32. The number of carbonyl (C=O) groups is 2. The third kappa shape index (κ3) is 5.05. The van der Waals surface area contributed by atoms with E-state index in [0.717, 1.165) is 33.9 Å². The summed E-state index contributed by atoms with van der Waals surface area (Å²) >= 11 is 1.47. The molecule has 0 saturated carbocycles. The van der Waals surface area contributed by atoms with Crippen molar-refractivity contribution in [2.75, 3.05) is 16.0 Å². The molecule has 0 aliphatic carbocycles. The van der Waals surface area contributed by atoms with Gasteiger partial charge in [-0.05, 0) is 51.8 Å². The van der Waals surface area contributed by atoms with Gasteiger partial charge in [-0.25, -0.2) is 4.98 Å². The van der Waals surface area contributed by atoms with E-state index in [2.05, 4.69) is 20.9 Å². The van der Waals surface area contributed by atoms with Crippen LogP contribution in [-0.4, -0.2) is 22.8 Å². The lowest BCUT2D eigenvalue weighted by molar-refractivity contribution is -0.117. The van der Waals surface area contributed by atoms with Gasteiger partial charge in [0, 0.05) is 22.7 Å². The van der Waals surface area contributed by atoms with Crippen LogP contribution < -0.4 is 16.0 Å². The Labute approximate surface area is 158 Å². The van der Waals surface area contributed by atoms with E-state index in [1.54, 1.807) is 6.92 Å². The van der Waals surface area contributed by atoms with Crippen LogP contribution in [0.15, 0.2) is 18.2 Å². The molecule has 3 N–H and O–H groups in total. The Balaban J connectivity index is 2.04. The number of rotatable bonds is 7. The number of hydrogen-bond donors (Lipinski definition) is 3. The number of amides is 2. The van der Waals surface area contributed by atoms with Gasteiger partial charge in [0.1, 0.15) is 6.04 Å². The quantitative estimate of drug-likeness (QED) is 0.677. The van der Waals surface area contributed by atoms with Gasteiger partial charge < -0.3 is 16.0 Å². The summed E-state index contributed by atoms with van der Waals surface area (Å²) in [5.74, 6) is -0.161. The number of aromatic nitrogens is 1. The highest BCUT2D eigenvalue weighted by atomic mass is 32.1. The largest absolute Gasteiger partial charge is 0.374 e. The summed E-state index contributed by atoms with van der Waals surface area (Å²) in [6, 6.07) is 5.17. The van der Waals surface area contributed by atoms with Gasteiger partial charge in [-0.3, -0.25) is 9.59 Å². The molecule has 1 aromatic carbocycles. The second-order valence-electron chi connectivity index (χ2n) is 6.29. The van der Waals surface area contributed by atoms with Crippen LogP contribution in [0.2, 0.25) is 0 Å². The van der Waals surface area contributed by atoms with Gasteiger partial charge in [0.15, 0.2) is 5.13 Å². The molecule has 0 radical (unpaired) electrons. The maximum absolute atomic E-state index is 12.4. The minimum atomic E-state index is -0.445. The van der Waals surface area contributed by atoms with Crippen LogP contribution >= 0.6 is 11.3 Å². The number of nitrogens with one attached hydrogen (secondary N) is 3. The third-order valence-corrected chi connectivity index (χ3v) is 5.10. The summed E-state index contributed by atoms with van der Waals surface area (Å²) in [5.41, 5.74) is 3.40. The zero-order valence-corrected chi connectivity index (χ0v) is 16.7. The van der Waals surface area contributed by atoms with E-state index in [0.29, 0.717) is 11.6 Å². The number of hydrogen-bond acceptors (Lipinski definition) is 5. The van der Waals surface area contributed by atoms with Crippen LogP contribution in [0.1, 0.15) is 42.8 Å². The first-order chi connectivity index (χ1) is 12.3. The molecule has 1 unspecified atom stereocenters. The number of anilines is 3. The molecule has 6 nitrogen and oxygen atoms in total. The van der Waals surface area contributed by atoms with Crippen molar-refractivity contribution in [2.24, 2.45) is 0 Å². The van der Waals surface area contributed by atoms with Gasteiger partial charge in [0.2, 0.25) is 11.8 Å². The molecule has 0 bridgehead atoms. The molecular formula is C19H26N4O2S. The predicted octanol–water partition coefficient (Wildman–Crippen LogP) is 4.25. The Bertz CT molecular complexity index is 781. The van der Waals surface area contributed by atoms with Gasteiger partial charge >= 0.3 is 0 Å². The van der Waals surface area contributed by atoms with Crippen LogP contribution in [0.4, 0.5) is 16.5 Å². The lowest BCUT2D eigenvalue weighted by atomic mass is 10.1. The monoisotopic (exact) mass is 374 g/mol. The highest BCUT2D eigenvalue weighted by Crippen LogP contribution is 2.25. The maximum Gasteiger partial charge on any atom is 0.248 e. The van der Waals surface area contributed by atoms with Gasteiger partial charge in [-0.15, -0.1) is 11.3 Å². The van der Waals surface area contributed by atoms with Crippen LogP contribution in [-0.2, 0) is 9.59 Å². The first-order valence-electron chi connectivity index (χ1n) is 8.72. The normalized spacial score (nSPS) is 11.7. The second kappa shape index (κ2) is 8.80. The second-order valence-corrected chi connectivity index (χ2v) is 7.50. The van der Waals surface area contributed by atoms with E-state index in [-0.39, 0.29) is 11.8 Å². The summed E-state index contributed by atoms with van der Waals surface area (Å²) < 4.78 is 0. The molecule has 140 valence electrons. The lowest BCUT2D eigenvalue weighted by Gasteiger charge is -2.18. The van der Waals surface area contributed by atoms with E-state index in [4.69, 9.17) is 0 Å². The predicted molar refractivity (Wildman–Crippen MR) is 108 cm³/mol. The molecular weight excluding hydrogens is 348 g/mol. The summed E-state index contributed by atoms with van der Waals surface area (Å²) in [4.78, 5) is 29.7. The van der Waals surface area contributed by atoms with Crippen LogP contribution in [0, 0.1) is 20.8 Å². The fraction of sp³-hybridized carbons (Fsp3) is 0.421. The molecule has 7 heteroatoms. The average molecular weight is 375 g/mol. The average Bonchev–Trinajstić information content (AvgIpc) is 2.89. The van der Waals surface area contributed by atoms with E-state index in [1.165, 1.54) is 11.3 Å². The Hall–Kier alpha value is -2.41.